The molecular weight excluding hydrogens is 360 g/mol. The average molecular weight is 384 g/mol. The van der Waals surface area contributed by atoms with Crippen LogP contribution in [-0.2, 0) is 4.79 Å². The van der Waals surface area contributed by atoms with E-state index in [0.717, 1.165) is 36.4 Å². The first-order valence-electron chi connectivity index (χ1n) is 9.33. The molecule has 2 aromatic rings. The lowest BCUT2D eigenvalue weighted by molar-refractivity contribution is -0.117. The van der Waals surface area contributed by atoms with Crippen molar-refractivity contribution in [2.45, 2.75) is 18.9 Å². The van der Waals surface area contributed by atoms with E-state index in [9.17, 15) is 4.79 Å². The predicted molar refractivity (Wildman–Crippen MR) is 104 cm³/mol. The molecule has 2 aromatic carbocycles. The van der Waals surface area contributed by atoms with Gasteiger partial charge in [0.15, 0.2) is 11.5 Å². The molecule has 1 atom stereocenters. The van der Waals surface area contributed by atoms with Gasteiger partial charge < -0.3 is 24.3 Å². The van der Waals surface area contributed by atoms with Gasteiger partial charge in [-0.15, -0.1) is 0 Å². The van der Waals surface area contributed by atoms with E-state index in [0.29, 0.717) is 23.7 Å². The van der Waals surface area contributed by atoms with Crippen molar-refractivity contribution in [1.82, 2.24) is 4.90 Å². The number of fused-ring (bicyclic) bond motifs is 1. The monoisotopic (exact) mass is 384 g/mol. The van der Waals surface area contributed by atoms with Crippen LogP contribution in [-0.4, -0.2) is 44.9 Å². The average Bonchev–Trinajstić information content (AvgIpc) is 3.36. The molecule has 0 aliphatic carbocycles. The van der Waals surface area contributed by atoms with E-state index in [4.69, 9.17) is 18.9 Å². The summed E-state index contributed by atoms with van der Waals surface area (Å²) < 4.78 is 21.6. The van der Waals surface area contributed by atoms with Crippen LogP contribution in [0.5, 0.6) is 23.0 Å². The Morgan fingerprint density at radius 2 is 2.00 bits per heavy atom. The molecule has 7 heteroatoms. The summed E-state index contributed by atoms with van der Waals surface area (Å²) in [5.74, 6) is 2.88. The number of likely N-dealkylation sites (tertiary alicyclic amines) is 1. The number of nitrogens with one attached hydrogen (secondary N) is 1. The van der Waals surface area contributed by atoms with Crippen LogP contribution in [0.1, 0.15) is 24.4 Å². The van der Waals surface area contributed by atoms with Crippen molar-refractivity contribution in [2.75, 3.05) is 39.4 Å². The number of carbonyl (C=O) groups excluding carboxylic acids is 1. The first kappa shape index (κ1) is 18.4. The zero-order valence-electron chi connectivity index (χ0n) is 16.1. The normalized spacial score (nSPS) is 18.1. The Morgan fingerprint density at radius 1 is 1.14 bits per heavy atom. The highest BCUT2D eigenvalue weighted by Gasteiger charge is 2.30. The van der Waals surface area contributed by atoms with Gasteiger partial charge in [0.2, 0.25) is 12.7 Å². The van der Waals surface area contributed by atoms with Crippen LogP contribution in [0.2, 0.25) is 0 Å². The van der Waals surface area contributed by atoms with E-state index < -0.39 is 0 Å². The number of amides is 1. The van der Waals surface area contributed by atoms with Crippen LogP contribution in [0.25, 0.3) is 0 Å². The van der Waals surface area contributed by atoms with Crippen LogP contribution >= 0.6 is 0 Å². The Morgan fingerprint density at radius 3 is 2.82 bits per heavy atom. The van der Waals surface area contributed by atoms with Crippen molar-refractivity contribution in [3.63, 3.8) is 0 Å². The fraction of sp³-hybridized carbons (Fsp3) is 0.381. The second kappa shape index (κ2) is 7.98. The molecule has 0 aromatic heterocycles. The van der Waals surface area contributed by atoms with E-state index in [1.54, 1.807) is 26.4 Å². The van der Waals surface area contributed by atoms with E-state index in [1.807, 2.05) is 24.3 Å². The Kier molecular flexibility index (Phi) is 5.25. The van der Waals surface area contributed by atoms with Crippen molar-refractivity contribution >= 4 is 11.6 Å². The molecule has 2 aliphatic heterocycles. The topological polar surface area (TPSA) is 69.3 Å². The fourth-order valence-electron chi connectivity index (χ4n) is 3.83. The number of carbonyl (C=O) groups is 1. The first-order chi connectivity index (χ1) is 13.7. The Labute approximate surface area is 164 Å². The molecule has 0 saturated carbocycles. The van der Waals surface area contributed by atoms with Crippen LogP contribution in [0, 0.1) is 0 Å². The molecular formula is C21H24N2O5. The number of hydrogen-bond donors (Lipinski definition) is 1. The lowest BCUT2D eigenvalue weighted by atomic mass is 10.0. The summed E-state index contributed by atoms with van der Waals surface area (Å²) in [6.07, 6.45) is 2.00. The maximum absolute atomic E-state index is 12.6. The Hall–Kier alpha value is -2.93. The number of hydrogen-bond acceptors (Lipinski definition) is 6. The second-order valence-electron chi connectivity index (χ2n) is 6.85. The fourth-order valence-corrected chi connectivity index (χ4v) is 3.83. The van der Waals surface area contributed by atoms with Gasteiger partial charge >= 0.3 is 0 Å². The van der Waals surface area contributed by atoms with E-state index >= 15 is 0 Å². The van der Waals surface area contributed by atoms with Gasteiger partial charge in [-0.3, -0.25) is 9.69 Å². The minimum absolute atomic E-state index is 0.0624. The minimum atomic E-state index is -0.0624. The van der Waals surface area contributed by atoms with E-state index in [1.165, 1.54) is 0 Å². The zero-order valence-corrected chi connectivity index (χ0v) is 16.1. The first-order valence-corrected chi connectivity index (χ1v) is 9.33. The summed E-state index contributed by atoms with van der Waals surface area (Å²) in [5, 5.41) is 2.95. The molecule has 0 bridgehead atoms. The summed E-state index contributed by atoms with van der Waals surface area (Å²) in [6, 6.07) is 11.3. The molecule has 0 spiro atoms. The van der Waals surface area contributed by atoms with Crippen molar-refractivity contribution in [3.8, 4) is 23.0 Å². The lowest BCUT2D eigenvalue weighted by Crippen LogP contribution is -2.33. The number of rotatable bonds is 6. The standard InChI is InChI=1S/C21H24N2O5/c1-25-15-6-8-18(26-2)16(11-15)17-4-3-9-23(17)12-21(24)22-14-5-7-19-20(10-14)28-13-27-19/h5-8,10-11,17H,3-4,9,12-13H2,1-2H3,(H,22,24)/t17-/m0/s1. The third-order valence-corrected chi connectivity index (χ3v) is 5.16. The molecule has 0 radical (unpaired) electrons. The van der Waals surface area contributed by atoms with Gasteiger partial charge in [0.1, 0.15) is 11.5 Å². The van der Waals surface area contributed by atoms with E-state index in [2.05, 4.69) is 10.2 Å². The summed E-state index contributed by atoms with van der Waals surface area (Å²) in [4.78, 5) is 14.8. The third kappa shape index (κ3) is 3.71. The molecule has 2 heterocycles. The number of methoxy groups -OCH3 is 2. The summed E-state index contributed by atoms with van der Waals surface area (Å²) >= 11 is 0. The molecule has 1 saturated heterocycles. The predicted octanol–water partition coefficient (Wildman–Crippen LogP) is 3.21. The smallest absolute Gasteiger partial charge is 0.238 e. The molecule has 2 aliphatic rings. The molecule has 0 unspecified atom stereocenters. The van der Waals surface area contributed by atoms with Crippen molar-refractivity contribution in [2.24, 2.45) is 0 Å². The van der Waals surface area contributed by atoms with Gasteiger partial charge in [0.25, 0.3) is 0 Å². The molecule has 1 amide bonds. The third-order valence-electron chi connectivity index (χ3n) is 5.16. The van der Waals surface area contributed by atoms with Crippen LogP contribution in [0.15, 0.2) is 36.4 Å². The highest BCUT2D eigenvalue weighted by molar-refractivity contribution is 5.92. The number of benzene rings is 2. The number of ether oxygens (including phenoxy) is 4. The maximum Gasteiger partial charge on any atom is 0.238 e. The van der Waals surface area contributed by atoms with Gasteiger partial charge in [0, 0.05) is 23.4 Å². The molecule has 28 heavy (non-hydrogen) atoms. The largest absolute Gasteiger partial charge is 0.497 e. The van der Waals surface area contributed by atoms with E-state index in [-0.39, 0.29) is 18.7 Å². The summed E-state index contributed by atoms with van der Waals surface area (Å²) in [7, 11) is 3.31. The number of anilines is 1. The van der Waals surface area contributed by atoms with Crippen molar-refractivity contribution < 1.29 is 23.7 Å². The second-order valence-corrected chi connectivity index (χ2v) is 6.85. The molecule has 4 rings (SSSR count). The van der Waals surface area contributed by atoms with Gasteiger partial charge in [-0.2, -0.15) is 0 Å². The van der Waals surface area contributed by atoms with Gasteiger partial charge in [-0.25, -0.2) is 0 Å². The number of nitrogens with zero attached hydrogens (tertiary/aromatic N) is 1. The minimum Gasteiger partial charge on any atom is -0.497 e. The molecule has 7 nitrogen and oxygen atoms in total. The Bertz CT molecular complexity index is 870. The quantitative estimate of drug-likeness (QED) is 0.825. The molecule has 1 N–H and O–H groups in total. The summed E-state index contributed by atoms with van der Waals surface area (Å²) in [5.41, 5.74) is 1.75. The van der Waals surface area contributed by atoms with Crippen LogP contribution < -0.4 is 24.3 Å². The van der Waals surface area contributed by atoms with Gasteiger partial charge in [-0.1, -0.05) is 0 Å². The molecule has 148 valence electrons. The lowest BCUT2D eigenvalue weighted by Gasteiger charge is -2.26. The van der Waals surface area contributed by atoms with Crippen molar-refractivity contribution in [1.29, 1.82) is 0 Å². The van der Waals surface area contributed by atoms with Crippen molar-refractivity contribution in [3.05, 3.63) is 42.0 Å². The SMILES string of the molecule is COc1ccc(OC)c([C@@H]2CCCN2CC(=O)Nc2ccc3c(c2)OCO3)c1. The highest BCUT2D eigenvalue weighted by Crippen LogP contribution is 2.39. The Balaban J connectivity index is 1.46. The van der Waals surface area contributed by atoms with Gasteiger partial charge in [0.05, 0.1) is 20.8 Å². The van der Waals surface area contributed by atoms with Crippen LogP contribution in [0.4, 0.5) is 5.69 Å². The zero-order chi connectivity index (χ0) is 19.5. The summed E-state index contributed by atoms with van der Waals surface area (Å²) in [6.45, 7) is 1.38. The van der Waals surface area contributed by atoms with Gasteiger partial charge in [-0.05, 0) is 49.7 Å². The molecule has 1 fully saturated rings. The van der Waals surface area contributed by atoms with Crippen LogP contribution in [0.3, 0.4) is 0 Å². The maximum atomic E-state index is 12.6. The highest BCUT2D eigenvalue weighted by atomic mass is 16.7.